The number of rotatable bonds is 23. The van der Waals surface area contributed by atoms with Gasteiger partial charge in [0, 0.05) is 12.1 Å². The third-order valence-corrected chi connectivity index (χ3v) is 6.99. The van der Waals surface area contributed by atoms with Crippen LogP contribution in [0, 0.1) is 15.9 Å². The van der Waals surface area contributed by atoms with Gasteiger partial charge in [0.15, 0.2) is 5.75 Å². The highest BCUT2D eigenvalue weighted by molar-refractivity contribution is 7.85. The minimum absolute atomic E-state index is 0.0180. The molecule has 0 radical (unpaired) electrons. The fourth-order valence-corrected chi connectivity index (χ4v) is 4.30. The van der Waals surface area contributed by atoms with Crippen LogP contribution >= 0.6 is 23.2 Å². The van der Waals surface area contributed by atoms with E-state index in [1.54, 1.807) is 0 Å². The Bertz CT molecular complexity index is 1540. The number of nitrogens with zero attached hydrogens (tertiary/aromatic N) is 3. The number of anilines is 2. The van der Waals surface area contributed by atoms with Gasteiger partial charge in [0.05, 0.1) is 110 Å². The average molecular weight is 712 g/mol. The van der Waals surface area contributed by atoms with Crippen LogP contribution in [0.2, 0.25) is 10.0 Å². The summed E-state index contributed by atoms with van der Waals surface area (Å²) >= 11 is 11.8. The fraction of sp³-hybridized carbons (Fsp3) is 0.481. The van der Waals surface area contributed by atoms with Gasteiger partial charge in [-0.2, -0.15) is 8.42 Å². The Morgan fingerprint density at radius 3 is 1.87 bits per heavy atom. The molecule has 19 heteroatoms. The van der Waals surface area contributed by atoms with E-state index in [2.05, 4.69) is 19.5 Å². The average Bonchev–Trinajstić information content (AvgIpc) is 3.00. The molecule has 0 amide bonds. The van der Waals surface area contributed by atoms with E-state index in [-0.39, 0.29) is 71.4 Å². The summed E-state index contributed by atoms with van der Waals surface area (Å²) in [5, 5.41) is 15.0. The Balaban J connectivity index is 1.29. The van der Waals surface area contributed by atoms with Crippen LogP contribution in [0.3, 0.4) is 0 Å². The molecule has 0 atom stereocenters. The van der Waals surface area contributed by atoms with Crippen LogP contribution in [0.15, 0.2) is 30.6 Å². The molecule has 0 aliphatic rings. The van der Waals surface area contributed by atoms with Crippen molar-refractivity contribution in [1.29, 1.82) is 0 Å². The normalized spacial score (nSPS) is 11.7. The Kier molecular flexibility index (Phi) is 16.0. The van der Waals surface area contributed by atoms with Gasteiger partial charge < -0.3 is 33.7 Å². The van der Waals surface area contributed by atoms with Crippen LogP contribution < -0.4 is 10.1 Å². The number of aromatic nitrogens is 2. The van der Waals surface area contributed by atoms with Crippen molar-refractivity contribution >= 4 is 61.4 Å². The van der Waals surface area contributed by atoms with Gasteiger partial charge in [0.1, 0.15) is 24.6 Å². The summed E-state index contributed by atoms with van der Waals surface area (Å²) in [6, 6.07) is 4.96. The quantitative estimate of drug-likeness (QED) is 0.0487. The third-order valence-electron chi connectivity index (χ3n) is 5.67. The first kappa shape index (κ1) is 37.5. The predicted octanol–water partition coefficient (Wildman–Crippen LogP) is 4.17. The first-order valence-corrected chi connectivity index (χ1v) is 16.3. The molecule has 46 heavy (non-hydrogen) atoms. The molecule has 1 N–H and O–H groups in total. The lowest BCUT2D eigenvalue weighted by Gasteiger charge is -2.12. The molecule has 0 bridgehead atoms. The second-order valence-corrected chi connectivity index (χ2v) is 11.6. The lowest BCUT2D eigenvalue weighted by atomic mass is 10.2. The summed E-state index contributed by atoms with van der Waals surface area (Å²) in [6.07, 6.45) is 2.19. The van der Waals surface area contributed by atoms with Crippen molar-refractivity contribution in [1.82, 2.24) is 9.97 Å². The zero-order valence-electron chi connectivity index (χ0n) is 24.7. The molecule has 2 aromatic carbocycles. The molecule has 0 saturated heterocycles. The van der Waals surface area contributed by atoms with Crippen LogP contribution in [0.25, 0.3) is 10.9 Å². The second-order valence-electron chi connectivity index (χ2n) is 9.12. The van der Waals surface area contributed by atoms with Gasteiger partial charge in [-0.1, -0.05) is 23.2 Å². The van der Waals surface area contributed by atoms with Crippen LogP contribution in [-0.2, 0) is 38.0 Å². The first-order valence-electron chi connectivity index (χ1n) is 13.8. The van der Waals surface area contributed by atoms with Gasteiger partial charge in [-0.25, -0.2) is 14.4 Å². The topological polar surface area (TPSA) is 180 Å². The number of hydrogen-bond acceptors (Lipinski definition) is 14. The van der Waals surface area contributed by atoms with E-state index in [0.717, 1.165) is 12.3 Å². The SMILES string of the molecule is CS(=O)(=O)OCCOCCOCCOCCOCCOCCOc1cc2ncnc(Nc3cc(Cl)c(Cl)cc3F)c2cc1[N+](=O)[O-]. The first-order chi connectivity index (χ1) is 22.0. The molecule has 3 rings (SSSR count). The van der Waals surface area contributed by atoms with Crippen LogP contribution in [0.1, 0.15) is 0 Å². The van der Waals surface area contributed by atoms with E-state index >= 15 is 0 Å². The molecule has 0 fully saturated rings. The molecule has 0 spiro atoms. The van der Waals surface area contributed by atoms with E-state index in [1.807, 2.05) is 0 Å². The summed E-state index contributed by atoms with van der Waals surface area (Å²) in [7, 11) is -3.46. The van der Waals surface area contributed by atoms with E-state index in [1.165, 1.54) is 24.5 Å². The summed E-state index contributed by atoms with van der Waals surface area (Å²) < 4.78 is 72.9. The number of hydrogen-bond donors (Lipinski definition) is 1. The highest BCUT2D eigenvalue weighted by atomic mass is 35.5. The molecule has 0 saturated carbocycles. The molecule has 1 aromatic heterocycles. The zero-order chi connectivity index (χ0) is 33.4. The molecule has 0 aliphatic heterocycles. The maximum absolute atomic E-state index is 14.4. The van der Waals surface area contributed by atoms with Gasteiger partial charge in [-0.15, -0.1) is 0 Å². The minimum atomic E-state index is -3.46. The number of halogens is 3. The lowest BCUT2D eigenvalue weighted by molar-refractivity contribution is -0.385. The number of benzene rings is 2. The van der Waals surface area contributed by atoms with Crippen molar-refractivity contribution in [3.8, 4) is 5.75 Å². The summed E-state index contributed by atoms with van der Waals surface area (Å²) in [4.78, 5) is 19.4. The number of ether oxygens (including phenoxy) is 6. The summed E-state index contributed by atoms with van der Waals surface area (Å²) in [5.74, 6) is -0.581. The summed E-state index contributed by atoms with van der Waals surface area (Å²) in [6.45, 7) is 2.96. The highest BCUT2D eigenvalue weighted by Crippen LogP contribution is 2.36. The smallest absolute Gasteiger partial charge is 0.311 e. The Morgan fingerprint density at radius 2 is 1.33 bits per heavy atom. The van der Waals surface area contributed by atoms with Crippen molar-refractivity contribution in [2.45, 2.75) is 0 Å². The molecule has 0 unspecified atom stereocenters. The van der Waals surface area contributed by atoms with Crippen LogP contribution in [0.4, 0.5) is 21.6 Å². The van der Waals surface area contributed by atoms with E-state index in [0.29, 0.717) is 51.8 Å². The van der Waals surface area contributed by atoms with Crippen LogP contribution in [0.5, 0.6) is 5.75 Å². The molecule has 15 nitrogen and oxygen atoms in total. The monoisotopic (exact) mass is 710 g/mol. The Morgan fingerprint density at radius 1 is 0.804 bits per heavy atom. The Hall–Kier alpha value is -3.00. The summed E-state index contributed by atoms with van der Waals surface area (Å²) in [5.41, 5.74) is -0.0297. The second kappa shape index (κ2) is 19.6. The standard InChI is InChI=1S/C27H33Cl2FN4O11S/c1-46(37,38)45-13-11-43-9-7-41-5-3-39-2-4-40-6-8-42-10-12-44-26-17-23-19(14-25(26)34(35)36)27(32-18-31-23)33-24-16-21(29)20(28)15-22(24)30/h14-18H,2-13H2,1H3,(H,31,32,33). The molecular formula is C27H33Cl2FN4O11S. The van der Waals surface area contributed by atoms with Crippen molar-refractivity contribution in [2.75, 3.05) is 90.9 Å². The number of nitrogens with one attached hydrogen (secondary N) is 1. The van der Waals surface area contributed by atoms with Gasteiger partial charge in [-0.05, 0) is 12.1 Å². The zero-order valence-corrected chi connectivity index (χ0v) is 27.1. The molecule has 3 aromatic rings. The van der Waals surface area contributed by atoms with Crippen molar-refractivity contribution < 1.29 is 50.3 Å². The molecule has 1 heterocycles. The third kappa shape index (κ3) is 13.4. The predicted molar refractivity (Wildman–Crippen MR) is 166 cm³/mol. The Labute approximate surface area is 274 Å². The highest BCUT2D eigenvalue weighted by Gasteiger charge is 2.20. The van der Waals surface area contributed by atoms with Crippen molar-refractivity contribution in [3.05, 3.63) is 56.6 Å². The van der Waals surface area contributed by atoms with Gasteiger partial charge in [-0.3, -0.25) is 14.3 Å². The number of fused-ring (bicyclic) bond motifs is 1. The van der Waals surface area contributed by atoms with Crippen molar-refractivity contribution in [3.63, 3.8) is 0 Å². The molecule has 254 valence electrons. The van der Waals surface area contributed by atoms with Crippen molar-refractivity contribution in [2.24, 2.45) is 0 Å². The maximum Gasteiger partial charge on any atom is 0.311 e. The molecule has 0 aliphatic carbocycles. The maximum atomic E-state index is 14.4. The number of nitro groups is 1. The largest absolute Gasteiger partial charge is 0.484 e. The van der Waals surface area contributed by atoms with E-state index in [4.69, 9.17) is 51.6 Å². The van der Waals surface area contributed by atoms with Gasteiger partial charge in [0.25, 0.3) is 10.1 Å². The van der Waals surface area contributed by atoms with Gasteiger partial charge in [0.2, 0.25) is 0 Å². The minimum Gasteiger partial charge on any atom is -0.484 e. The molecular weight excluding hydrogens is 678 g/mol. The van der Waals surface area contributed by atoms with Gasteiger partial charge >= 0.3 is 5.69 Å². The lowest BCUT2D eigenvalue weighted by Crippen LogP contribution is -2.15. The fourth-order valence-electron chi connectivity index (χ4n) is 3.61. The van der Waals surface area contributed by atoms with E-state index in [9.17, 15) is 22.9 Å². The van der Waals surface area contributed by atoms with E-state index < -0.39 is 20.9 Å². The van der Waals surface area contributed by atoms with Crippen LogP contribution in [-0.4, -0.2) is 109 Å². The number of nitro benzene ring substituents is 1.